The fourth-order valence-electron chi connectivity index (χ4n) is 4.39. The second-order valence-corrected chi connectivity index (χ2v) is 10.2. The molecule has 8 nitrogen and oxygen atoms in total. The molecule has 2 saturated heterocycles. The van der Waals surface area contributed by atoms with Crippen LogP contribution >= 0.6 is 23.4 Å². The van der Waals surface area contributed by atoms with Gasteiger partial charge in [-0.05, 0) is 41.8 Å². The molecule has 0 aliphatic carbocycles. The summed E-state index contributed by atoms with van der Waals surface area (Å²) in [6.45, 7) is 0.305. The molecule has 2 aromatic rings. The molecule has 13 heteroatoms. The lowest BCUT2D eigenvalue weighted by molar-refractivity contribution is -0.274. The van der Waals surface area contributed by atoms with Crippen molar-refractivity contribution in [1.82, 2.24) is 20.0 Å². The van der Waals surface area contributed by atoms with Gasteiger partial charge in [-0.2, -0.15) is 0 Å². The van der Waals surface area contributed by atoms with Gasteiger partial charge in [-0.3, -0.25) is 19.9 Å². The van der Waals surface area contributed by atoms with Gasteiger partial charge in [0.2, 0.25) is 0 Å². The summed E-state index contributed by atoms with van der Waals surface area (Å²) in [7, 11) is 1.61. The number of nitrogens with zero attached hydrogens (tertiary/aromatic N) is 3. The number of halogens is 4. The summed E-state index contributed by atoms with van der Waals surface area (Å²) in [5, 5.41) is 13.1. The molecule has 2 aliphatic rings. The second kappa shape index (κ2) is 11.5. The van der Waals surface area contributed by atoms with Gasteiger partial charge in [-0.15, -0.1) is 24.9 Å². The molecule has 0 radical (unpaired) electrons. The normalized spacial score (nSPS) is 22.5. The first kappa shape index (κ1) is 27.5. The zero-order valence-corrected chi connectivity index (χ0v) is 21.4. The SMILES string of the molecule is CN1C(=O)N(CCCO)C(=O)C2C1N[C@H](SCc1cccc(OC(F)(F)F)c1)N2Cc1ccc(Cl)cc1. The first-order valence-corrected chi connectivity index (χ1v) is 12.9. The number of fused-ring (bicyclic) bond motifs is 1. The van der Waals surface area contributed by atoms with E-state index in [1.165, 1.54) is 34.9 Å². The Kier molecular flexibility index (Phi) is 8.54. The van der Waals surface area contributed by atoms with Crippen LogP contribution in [0.1, 0.15) is 17.5 Å². The predicted octanol–water partition coefficient (Wildman–Crippen LogP) is 3.83. The van der Waals surface area contributed by atoms with Gasteiger partial charge in [-0.1, -0.05) is 35.9 Å². The zero-order valence-electron chi connectivity index (χ0n) is 19.8. The van der Waals surface area contributed by atoms with E-state index >= 15 is 0 Å². The number of urea groups is 1. The molecular formula is C24H26ClF3N4O4S. The van der Waals surface area contributed by atoms with E-state index in [0.29, 0.717) is 22.9 Å². The van der Waals surface area contributed by atoms with E-state index in [1.807, 2.05) is 17.0 Å². The Labute approximate surface area is 221 Å². The molecular weight excluding hydrogens is 533 g/mol. The smallest absolute Gasteiger partial charge is 0.406 e. The van der Waals surface area contributed by atoms with E-state index < -0.39 is 30.1 Å². The summed E-state index contributed by atoms with van der Waals surface area (Å²) in [4.78, 5) is 30.9. The van der Waals surface area contributed by atoms with Crippen LogP contribution < -0.4 is 10.1 Å². The number of imide groups is 1. The maximum absolute atomic E-state index is 13.5. The number of aliphatic hydroxyl groups is 1. The Morgan fingerprint density at radius 3 is 2.54 bits per heavy atom. The molecule has 2 fully saturated rings. The Hall–Kier alpha value is -2.51. The molecule has 3 atom stereocenters. The molecule has 0 saturated carbocycles. The molecule has 2 unspecified atom stereocenters. The van der Waals surface area contributed by atoms with E-state index in [4.69, 9.17) is 11.6 Å². The van der Waals surface area contributed by atoms with Crippen molar-refractivity contribution in [3.8, 4) is 5.75 Å². The fourth-order valence-corrected chi connectivity index (χ4v) is 5.68. The molecule has 2 heterocycles. The lowest BCUT2D eigenvalue weighted by atomic mass is 10.1. The number of aliphatic hydroxyl groups excluding tert-OH is 1. The fraction of sp³-hybridized carbons (Fsp3) is 0.417. The van der Waals surface area contributed by atoms with E-state index in [1.54, 1.807) is 25.2 Å². The highest BCUT2D eigenvalue weighted by molar-refractivity contribution is 7.99. The number of benzene rings is 2. The highest BCUT2D eigenvalue weighted by atomic mass is 35.5. The number of ether oxygens (including phenoxy) is 1. The summed E-state index contributed by atoms with van der Waals surface area (Å²) < 4.78 is 41.9. The number of amides is 3. The Morgan fingerprint density at radius 1 is 1.14 bits per heavy atom. The minimum atomic E-state index is -4.79. The van der Waals surface area contributed by atoms with Gasteiger partial charge in [-0.25, -0.2) is 4.79 Å². The van der Waals surface area contributed by atoms with Gasteiger partial charge >= 0.3 is 12.4 Å². The molecule has 3 amide bonds. The quantitative estimate of drug-likeness (QED) is 0.484. The van der Waals surface area contributed by atoms with Crippen molar-refractivity contribution in [1.29, 1.82) is 0 Å². The van der Waals surface area contributed by atoms with Gasteiger partial charge in [0.1, 0.15) is 23.5 Å². The molecule has 0 bridgehead atoms. The third-order valence-electron chi connectivity index (χ3n) is 6.10. The molecule has 4 rings (SSSR count). The highest BCUT2D eigenvalue weighted by Crippen LogP contribution is 2.35. The van der Waals surface area contributed by atoms with Gasteiger partial charge in [0.15, 0.2) is 0 Å². The molecule has 2 aromatic carbocycles. The first-order chi connectivity index (χ1) is 17.6. The number of carbonyl (C=O) groups excluding carboxylic acids is 2. The number of rotatable bonds is 9. The second-order valence-electron chi connectivity index (χ2n) is 8.67. The van der Waals surface area contributed by atoms with Crippen molar-refractivity contribution in [2.75, 3.05) is 20.2 Å². The number of likely N-dealkylation sites (N-methyl/N-ethyl adjacent to an activating group) is 1. The van der Waals surface area contributed by atoms with E-state index in [2.05, 4.69) is 10.1 Å². The zero-order chi connectivity index (χ0) is 26.7. The third-order valence-corrected chi connectivity index (χ3v) is 7.57. The molecule has 0 spiro atoms. The number of carbonyl (C=O) groups is 2. The largest absolute Gasteiger partial charge is 0.573 e. The third kappa shape index (κ3) is 6.50. The van der Waals surface area contributed by atoms with Gasteiger partial charge in [0.05, 0.1) is 0 Å². The van der Waals surface area contributed by atoms with Crippen molar-refractivity contribution in [2.24, 2.45) is 0 Å². The summed E-state index contributed by atoms with van der Waals surface area (Å²) in [5.41, 5.74) is 1.07. The van der Waals surface area contributed by atoms with Crippen molar-refractivity contribution in [2.45, 2.75) is 42.8 Å². The van der Waals surface area contributed by atoms with Crippen molar-refractivity contribution in [3.05, 3.63) is 64.7 Å². The predicted molar refractivity (Wildman–Crippen MR) is 132 cm³/mol. The number of hydrogen-bond donors (Lipinski definition) is 2. The summed E-state index contributed by atoms with van der Waals surface area (Å²) in [5.74, 6) is -0.355. The Morgan fingerprint density at radius 2 is 1.86 bits per heavy atom. The topological polar surface area (TPSA) is 85.3 Å². The van der Waals surface area contributed by atoms with Crippen LogP contribution in [0, 0.1) is 0 Å². The highest BCUT2D eigenvalue weighted by Gasteiger charge is 2.54. The van der Waals surface area contributed by atoms with Crippen LogP contribution in [-0.4, -0.2) is 76.0 Å². The molecule has 2 N–H and O–H groups in total. The van der Waals surface area contributed by atoms with Gasteiger partial charge in [0.25, 0.3) is 5.91 Å². The van der Waals surface area contributed by atoms with Crippen LogP contribution in [0.15, 0.2) is 48.5 Å². The molecule has 37 heavy (non-hydrogen) atoms. The van der Waals surface area contributed by atoms with Crippen LogP contribution in [-0.2, 0) is 17.1 Å². The number of hydrogen-bond acceptors (Lipinski definition) is 7. The van der Waals surface area contributed by atoms with Crippen LogP contribution in [0.4, 0.5) is 18.0 Å². The summed E-state index contributed by atoms with van der Waals surface area (Å²) in [6.07, 6.45) is -5.12. The average molecular weight is 559 g/mol. The van der Waals surface area contributed by atoms with Gasteiger partial charge < -0.3 is 14.7 Å². The van der Waals surface area contributed by atoms with E-state index in [9.17, 15) is 27.9 Å². The Bertz CT molecular complexity index is 1120. The number of nitrogens with one attached hydrogen (secondary N) is 1. The summed E-state index contributed by atoms with van der Waals surface area (Å²) >= 11 is 7.42. The standard InChI is InChI=1S/C24H26ClF3N4O4S/c1-30-20-19(21(34)31(23(30)35)10-3-11-33)32(13-15-6-8-17(25)9-7-15)22(29-20)37-14-16-4-2-5-18(12-16)36-24(26,27)28/h2,4-9,12,19-20,22,29,33H,3,10-11,13-14H2,1H3/t19?,20?,22-/m0/s1. The maximum Gasteiger partial charge on any atom is 0.573 e. The van der Waals surface area contributed by atoms with Gasteiger partial charge in [0, 0.05) is 37.5 Å². The number of thioether (sulfide) groups is 1. The van der Waals surface area contributed by atoms with E-state index in [0.717, 1.165) is 10.5 Å². The van der Waals surface area contributed by atoms with Crippen molar-refractivity contribution in [3.63, 3.8) is 0 Å². The number of alkyl halides is 3. The lowest BCUT2D eigenvalue weighted by Crippen LogP contribution is -2.66. The van der Waals surface area contributed by atoms with Crippen LogP contribution in [0.25, 0.3) is 0 Å². The molecule has 200 valence electrons. The average Bonchev–Trinajstić information content (AvgIpc) is 3.20. The minimum absolute atomic E-state index is 0.0975. The first-order valence-electron chi connectivity index (χ1n) is 11.5. The molecule has 2 aliphatic heterocycles. The Balaban J connectivity index is 1.57. The maximum atomic E-state index is 13.5. The van der Waals surface area contributed by atoms with Crippen LogP contribution in [0.5, 0.6) is 5.75 Å². The molecule has 0 aromatic heterocycles. The van der Waals surface area contributed by atoms with Crippen molar-refractivity contribution >= 4 is 35.3 Å². The van der Waals surface area contributed by atoms with Crippen molar-refractivity contribution < 1.29 is 32.6 Å². The minimum Gasteiger partial charge on any atom is -0.406 e. The monoisotopic (exact) mass is 558 g/mol. The summed E-state index contributed by atoms with van der Waals surface area (Å²) in [6, 6.07) is 11.8. The lowest BCUT2D eigenvalue weighted by Gasteiger charge is -2.41. The van der Waals surface area contributed by atoms with E-state index in [-0.39, 0.29) is 31.2 Å². The van der Waals surface area contributed by atoms with Crippen LogP contribution in [0.3, 0.4) is 0 Å². The van der Waals surface area contributed by atoms with Crippen LogP contribution in [0.2, 0.25) is 5.02 Å².